The molecule has 0 amide bonds. The number of hydrogen-bond acceptors (Lipinski definition) is 3. The molecule has 1 aliphatic rings. The number of hydrogen-bond donors (Lipinski definition) is 2. The lowest BCUT2D eigenvalue weighted by molar-refractivity contribution is 0.480. The van der Waals surface area contributed by atoms with Gasteiger partial charge in [0.25, 0.3) is 10.0 Å². The van der Waals surface area contributed by atoms with Crippen molar-refractivity contribution >= 4 is 10.0 Å². The summed E-state index contributed by atoms with van der Waals surface area (Å²) in [5.41, 5.74) is 0. The topological polar surface area (TPSA) is 74.8 Å². The Morgan fingerprint density at radius 3 is 2.79 bits per heavy atom. The Bertz CT molecular complexity index is 490. The maximum atomic E-state index is 12.0. The van der Waals surface area contributed by atoms with Gasteiger partial charge in [0.05, 0.1) is 6.20 Å². The van der Waals surface area contributed by atoms with E-state index in [9.17, 15) is 8.42 Å². The largest absolute Gasteiger partial charge is 0.332 e. The lowest BCUT2D eigenvalue weighted by Crippen LogP contribution is -2.25. The van der Waals surface area contributed by atoms with Crippen LogP contribution in [0.2, 0.25) is 0 Å². The van der Waals surface area contributed by atoms with Gasteiger partial charge in [0.1, 0.15) is 5.82 Å². The van der Waals surface area contributed by atoms with Gasteiger partial charge in [0, 0.05) is 13.0 Å². The van der Waals surface area contributed by atoms with Crippen molar-refractivity contribution in [3.05, 3.63) is 12.0 Å². The minimum absolute atomic E-state index is 0.171. The van der Waals surface area contributed by atoms with Gasteiger partial charge in [0.2, 0.25) is 0 Å². The third kappa shape index (κ3) is 4.04. The van der Waals surface area contributed by atoms with E-state index < -0.39 is 10.0 Å². The molecule has 1 aliphatic carbocycles. The molecule has 1 heterocycles. The van der Waals surface area contributed by atoms with Crippen LogP contribution in [0.1, 0.15) is 51.3 Å². The van der Waals surface area contributed by atoms with Crippen molar-refractivity contribution in [2.75, 3.05) is 6.54 Å². The zero-order chi connectivity index (χ0) is 13.7. The molecule has 0 bridgehead atoms. The highest BCUT2D eigenvalue weighted by atomic mass is 32.2. The Kier molecular flexibility index (Phi) is 4.99. The highest BCUT2D eigenvalue weighted by Gasteiger charge is 2.17. The minimum Gasteiger partial charge on any atom is -0.332 e. The van der Waals surface area contributed by atoms with Crippen molar-refractivity contribution in [3.63, 3.8) is 0 Å². The van der Waals surface area contributed by atoms with E-state index >= 15 is 0 Å². The molecular weight excluding hydrogens is 262 g/mol. The maximum Gasteiger partial charge on any atom is 0.257 e. The lowest BCUT2D eigenvalue weighted by atomic mass is 10.0. The van der Waals surface area contributed by atoms with Gasteiger partial charge < -0.3 is 4.98 Å². The van der Waals surface area contributed by atoms with Crippen LogP contribution in [0.5, 0.6) is 0 Å². The molecule has 1 saturated carbocycles. The fourth-order valence-corrected chi connectivity index (χ4v) is 3.65. The molecule has 0 saturated heterocycles. The van der Waals surface area contributed by atoms with Gasteiger partial charge in [-0.25, -0.2) is 18.1 Å². The fraction of sp³-hybridized carbons (Fsp3) is 0.769. The Hall–Kier alpha value is -0.880. The molecule has 0 unspecified atom stereocenters. The van der Waals surface area contributed by atoms with Crippen LogP contribution in [-0.4, -0.2) is 24.9 Å². The summed E-state index contributed by atoms with van der Waals surface area (Å²) in [6.45, 7) is 2.45. The summed E-state index contributed by atoms with van der Waals surface area (Å²) in [5, 5.41) is 0.171. The first-order chi connectivity index (χ1) is 9.12. The minimum atomic E-state index is -3.41. The number of H-pyrrole nitrogens is 1. The maximum absolute atomic E-state index is 12.0. The third-order valence-corrected chi connectivity index (χ3v) is 5.16. The Morgan fingerprint density at radius 2 is 2.16 bits per heavy atom. The first kappa shape index (κ1) is 14.5. The number of nitrogens with one attached hydrogen (secondary N) is 2. The summed E-state index contributed by atoms with van der Waals surface area (Å²) in [7, 11) is -3.41. The van der Waals surface area contributed by atoms with Crippen LogP contribution in [0.3, 0.4) is 0 Å². The van der Waals surface area contributed by atoms with Crippen molar-refractivity contribution in [3.8, 4) is 0 Å². The molecule has 6 heteroatoms. The summed E-state index contributed by atoms with van der Waals surface area (Å²) in [6.07, 6.45) is 9.44. The van der Waals surface area contributed by atoms with E-state index in [1.165, 1.54) is 31.9 Å². The monoisotopic (exact) mass is 285 g/mol. The molecule has 19 heavy (non-hydrogen) atoms. The molecule has 5 nitrogen and oxygen atoms in total. The van der Waals surface area contributed by atoms with Gasteiger partial charge in [-0.3, -0.25) is 0 Å². The number of aromatic amines is 1. The van der Waals surface area contributed by atoms with Crippen LogP contribution in [-0.2, 0) is 16.4 Å². The van der Waals surface area contributed by atoms with Crippen LogP contribution >= 0.6 is 0 Å². The van der Waals surface area contributed by atoms with Crippen LogP contribution in [0.4, 0.5) is 0 Å². The fourth-order valence-electron chi connectivity index (χ4n) is 2.63. The number of nitrogens with zero attached hydrogens (tertiary/aromatic N) is 1. The van der Waals surface area contributed by atoms with Crippen LogP contribution in [0.15, 0.2) is 11.2 Å². The molecule has 0 aromatic carbocycles. The highest BCUT2D eigenvalue weighted by Crippen LogP contribution is 2.28. The van der Waals surface area contributed by atoms with E-state index in [4.69, 9.17) is 0 Å². The van der Waals surface area contributed by atoms with Crippen molar-refractivity contribution in [2.24, 2.45) is 5.92 Å². The average Bonchev–Trinajstić information content (AvgIpc) is 3.05. The zero-order valence-electron chi connectivity index (χ0n) is 11.5. The van der Waals surface area contributed by atoms with Crippen molar-refractivity contribution in [1.82, 2.24) is 14.7 Å². The van der Waals surface area contributed by atoms with Gasteiger partial charge in [-0.05, 0) is 18.8 Å². The van der Waals surface area contributed by atoms with Crippen LogP contribution in [0, 0.1) is 5.92 Å². The molecule has 0 atom stereocenters. The van der Waals surface area contributed by atoms with Gasteiger partial charge in [-0.2, -0.15) is 0 Å². The standard InChI is InChI=1S/C13H23N3O2S/c1-2-12-14-10-13(16-12)19(17,18)15-9-5-8-11-6-3-4-7-11/h10-11,15H,2-9H2,1H3,(H,14,16). The first-order valence-corrected chi connectivity index (χ1v) is 8.63. The lowest BCUT2D eigenvalue weighted by Gasteiger charge is -2.09. The van der Waals surface area contributed by atoms with E-state index in [1.54, 1.807) is 0 Å². The predicted molar refractivity (Wildman–Crippen MR) is 74.3 cm³/mol. The molecule has 2 rings (SSSR count). The van der Waals surface area contributed by atoms with E-state index in [1.807, 2.05) is 6.92 Å². The summed E-state index contributed by atoms with van der Waals surface area (Å²) >= 11 is 0. The van der Waals surface area contributed by atoms with Crippen LogP contribution < -0.4 is 4.72 Å². The van der Waals surface area contributed by atoms with Gasteiger partial charge in [-0.1, -0.05) is 32.6 Å². The molecule has 108 valence electrons. The van der Waals surface area contributed by atoms with Crippen molar-refractivity contribution in [1.29, 1.82) is 0 Å². The third-order valence-electron chi connectivity index (χ3n) is 3.79. The number of imidazole rings is 1. The Labute approximate surface area is 115 Å². The zero-order valence-corrected chi connectivity index (χ0v) is 12.3. The number of sulfonamides is 1. The van der Waals surface area contributed by atoms with Crippen molar-refractivity contribution in [2.45, 2.75) is 56.9 Å². The molecular formula is C13H23N3O2S. The second-order valence-electron chi connectivity index (χ2n) is 5.24. The second-order valence-corrected chi connectivity index (χ2v) is 6.97. The summed E-state index contributed by atoms with van der Waals surface area (Å²) in [4.78, 5) is 6.84. The summed E-state index contributed by atoms with van der Waals surface area (Å²) in [5.74, 6) is 1.51. The second kappa shape index (κ2) is 6.52. The van der Waals surface area contributed by atoms with E-state index in [0.29, 0.717) is 18.8 Å². The number of aryl methyl sites for hydroxylation is 1. The summed E-state index contributed by atoms with van der Waals surface area (Å²) in [6, 6.07) is 0. The smallest absolute Gasteiger partial charge is 0.257 e. The molecule has 0 radical (unpaired) electrons. The van der Waals surface area contributed by atoms with Crippen molar-refractivity contribution < 1.29 is 8.42 Å². The van der Waals surface area contributed by atoms with Gasteiger partial charge in [0.15, 0.2) is 5.03 Å². The first-order valence-electron chi connectivity index (χ1n) is 7.15. The molecule has 1 aromatic heterocycles. The SMILES string of the molecule is CCc1ncc(S(=O)(=O)NCCCC2CCCC2)[nH]1. The quantitative estimate of drug-likeness (QED) is 0.754. The van der Waals surface area contributed by atoms with Crippen LogP contribution in [0.25, 0.3) is 0 Å². The molecule has 1 fully saturated rings. The number of aromatic nitrogens is 2. The average molecular weight is 285 g/mol. The Morgan fingerprint density at radius 1 is 1.42 bits per heavy atom. The molecule has 0 aliphatic heterocycles. The van der Waals surface area contributed by atoms with Gasteiger partial charge in [-0.15, -0.1) is 0 Å². The normalized spacial score (nSPS) is 17.1. The molecule has 1 aromatic rings. The summed E-state index contributed by atoms with van der Waals surface area (Å²) < 4.78 is 26.6. The highest BCUT2D eigenvalue weighted by molar-refractivity contribution is 7.89. The van der Waals surface area contributed by atoms with E-state index in [2.05, 4.69) is 14.7 Å². The molecule has 2 N–H and O–H groups in total. The Balaban J connectivity index is 1.77. The molecule has 0 spiro atoms. The van der Waals surface area contributed by atoms with E-state index in [0.717, 1.165) is 18.8 Å². The van der Waals surface area contributed by atoms with E-state index in [-0.39, 0.29) is 5.03 Å². The number of rotatable bonds is 7. The van der Waals surface area contributed by atoms with Gasteiger partial charge >= 0.3 is 0 Å². The predicted octanol–water partition coefficient (Wildman–Crippen LogP) is 2.22.